The minimum Gasteiger partial charge on any atom is -0.356 e. The SMILES string of the molecule is CCC(SC1=Nc2ccccc2C2=NC(CC(=O)NCCc3ccccc3)C(=O)N12)C(=O)Nc1ccc(Cl)cc1. The van der Waals surface area contributed by atoms with Crippen molar-refractivity contribution in [2.24, 2.45) is 9.98 Å². The second kappa shape index (κ2) is 12.5. The van der Waals surface area contributed by atoms with E-state index in [9.17, 15) is 14.4 Å². The van der Waals surface area contributed by atoms with E-state index in [4.69, 9.17) is 16.6 Å². The molecule has 0 spiro atoms. The van der Waals surface area contributed by atoms with Gasteiger partial charge in [-0.3, -0.25) is 19.4 Å². The number of halogens is 1. The smallest absolute Gasteiger partial charge is 0.259 e. The van der Waals surface area contributed by atoms with Gasteiger partial charge in [-0.25, -0.2) is 9.89 Å². The number of nitrogens with zero attached hydrogens (tertiary/aromatic N) is 3. The molecule has 40 heavy (non-hydrogen) atoms. The Labute approximate surface area is 241 Å². The van der Waals surface area contributed by atoms with Crippen molar-refractivity contribution in [3.05, 3.63) is 95.0 Å². The Bertz CT molecular complexity index is 1480. The monoisotopic (exact) mass is 573 g/mol. The van der Waals surface area contributed by atoms with Crippen LogP contribution in [0, 0.1) is 0 Å². The van der Waals surface area contributed by atoms with Gasteiger partial charge < -0.3 is 10.6 Å². The normalized spacial score (nSPS) is 16.4. The van der Waals surface area contributed by atoms with Crippen molar-refractivity contribution < 1.29 is 14.4 Å². The molecule has 3 amide bonds. The van der Waals surface area contributed by atoms with E-state index >= 15 is 0 Å². The zero-order valence-electron chi connectivity index (χ0n) is 21.8. The third kappa shape index (κ3) is 6.26. The maximum Gasteiger partial charge on any atom is 0.259 e. The van der Waals surface area contributed by atoms with Crippen molar-refractivity contribution in [2.75, 3.05) is 11.9 Å². The zero-order valence-corrected chi connectivity index (χ0v) is 23.4. The van der Waals surface area contributed by atoms with Crippen LogP contribution in [0.2, 0.25) is 5.02 Å². The molecule has 2 N–H and O–H groups in total. The number of fused-ring (bicyclic) bond motifs is 3. The molecule has 0 radical (unpaired) electrons. The summed E-state index contributed by atoms with van der Waals surface area (Å²) in [7, 11) is 0. The molecule has 0 bridgehead atoms. The lowest BCUT2D eigenvalue weighted by Gasteiger charge is -2.27. The van der Waals surface area contributed by atoms with Crippen molar-refractivity contribution in [1.29, 1.82) is 0 Å². The van der Waals surface area contributed by atoms with Crippen LogP contribution in [-0.4, -0.2) is 51.5 Å². The van der Waals surface area contributed by atoms with Crippen molar-refractivity contribution in [2.45, 2.75) is 37.5 Å². The van der Waals surface area contributed by atoms with Gasteiger partial charge in [0.2, 0.25) is 11.8 Å². The van der Waals surface area contributed by atoms with E-state index in [2.05, 4.69) is 15.6 Å². The largest absolute Gasteiger partial charge is 0.356 e. The molecule has 10 heteroatoms. The van der Waals surface area contributed by atoms with Crippen LogP contribution in [0.4, 0.5) is 11.4 Å². The number of carbonyl (C=O) groups is 3. The van der Waals surface area contributed by atoms with Gasteiger partial charge in [0.25, 0.3) is 5.91 Å². The number of thioether (sulfide) groups is 1. The van der Waals surface area contributed by atoms with Gasteiger partial charge in [0.15, 0.2) is 5.17 Å². The van der Waals surface area contributed by atoms with E-state index in [-0.39, 0.29) is 24.1 Å². The first-order chi connectivity index (χ1) is 19.4. The maximum atomic E-state index is 13.6. The van der Waals surface area contributed by atoms with E-state index in [1.54, 1.807) is 24.3 Å². The van der Waals surface area contributed by atoms with Gasteiger partial charge >= 0.3 is 0 Å². The van der Waals surface area contributed by atoms with Gasteiger partial charge in [0.05, 0.1) is 17.4 Å². The van der Waals surface area contributed by atoms with Crippen molar-refractivity contribution in [1.82, 2.24) is 10.2 Å². The highest BCUT2D eigenvalue weighted by Crippen LogP contribution is 2.36. The van der Waals surface area contributed by atoms with Crippen LogP contribution in [-0.2, 0) is 20.8 Å². The highest BCUT2D eigenvalue weighted by Gasteiger charge is 2.43. The summed E-state index contributed by atoms with van der Waals surface area (Å²) >= 11 is 7.17. The van der Waals surface area contributed by atoms with Gasteiger partial charge in [0, 0.05) is 22.8 Å². The quantitative estimate of drug-likeness (QED) is 0.367. The van der Waals surface area contributed by atoms with Crippen LogP contribution in [0.3, 0.4) is 0 Å². The predicted molar refractivity (Wildman–Crippen MR) is 160 cm³/mol. The number of benzene rings is 3. The first kappa shape index (κ1) is 27.6. The highest BCUT2D eigenvalue weighted by atomic mass is 35.5. The number of rotatable bonds is 9. The molecule has 204 valence electrons. The summed E-state index contributed by atoms with van der Waals surface area (Å²) < 4.78 is 0. The van der Waals surface area contributed by atoms with Gasteiger partial charge in [-0.2, -0.15) is 0 Å². The van der Waals surface area contributed by atoms with Crippen LogP contribution < -0.4 is 10.6 Å². The van der Waals surface area contributed by atoms with Crippen LogP contribution >= 0.6 is 23.4 Å². The Morgan fingerprint density at radius 3 is 2.50 bits per heavy atom. The predicted octanol–water partition coefficient (Wildman–Crippen LogP) is 5.20. The lowest BCUT2D eigenvalue weighted by atomic mass is 10.1. The molecule has 8 nitrogen and oxygen atoms in total. The van der Waals surface area contributed by atoms with Crippen LogP contribution in [0.25, 0.3) is 0 Å². The first-order valence-corrected chi connectivity index (χ1v) is 14.3. The molecule has 5 rings (SSSR count). The van der Waals surface area contributed by atoms with Gasteiger partial charge in [-0.15, -0.1) is 0 Å². The number of anilines is 1. The van der Waals surface area contributed by atoms with Crippen LogP contribution in [0.15, 0.2) is 88.8 Å². The standard InChI is InChI=1S/C30H28ClN5O3S/c1-2-25(28(38)33-21-14-12-20(31)13-15-21)40-30-35-23-11-7-6-10-22(23)27-34-24(29(39)36(27)30)18-26(37)32-17-16-19-8-4-3-5-9-19/h3-15,24-25H,2,16-18H2,1H3,(H,32,37)(H,33,38). The summed E-state index contributed by atoms with van der Waals surface area (Å²) in [5.41, 5.74) is 3.12. The van der Waals surface area contributed by atoms with E-state index < -0.39 is 11.3 Å². The fourth-order valence-electron chi connectivity index (χ4n) is 4.46. The summed E-state index contributed by atoms with van der Waals surface area (Å²) in [4.78, 5) is 50.3. The average molecular weight is 574 g/mol. The Morgan fingerprint density at radius 2 is 1.75 bits per heavy atom. The molecule has 2 atom stereocenters. The van der Waals surface area contributed by atoms with Crippen molar-refractivity contribution >= 4 is 63.5 Å². The fraction of sp³-hybridized carbons (Fsp3) is 0.233. The maximum absolute atomic E-state index is 13.6. The fourth-order valence-corrected chi connectivity index (χ4v) is 5.60. The third-order valence-electron chi connectivity index (χ3n) is 6.53. The highest BCUT2D eigenvalue weighted by molar-refractivity contribution is 8.15. The van der Waals surface area contributed by atoms with E-state index in [0.29, 0.717) is 52.4 Å². The molecule has 2 aliphatic heterocycles. The van der Waals surface area contributed by atoms with Crippen LogP contribution in [0.5, 0.6) is 0 Å². The summed E-state index contributed by atoms with van der Waals surface area (Å²) in [5.74, 6) is -0.336. The minimum atomic E-state index is -0.869. The Kier molecular flexibility index (Phi) is 8.62. The molecule has 0 fully saturated rings. The molecule has 0 aromatic heterocycles. The minimum absolute atomic E-state index is 0.0675. The Morgan fingerprint density at radius 1 is 1.02 bits per heavy atom. The number of para-hydroxylation sites is 1. The zero-order chi connectivity index (χ0) is 28.1. The number of amides is 3. The molecule has 3 aromatic rings. The molecular weight excluding hydrogens is 546 g/mol. The molecule has 3 aromatic carbocycles. The summed E-state index contributed by atoms with van der Waals surface area (Å²) in [6.45, 7) is 2.37. The lowest BCUT2D eigenvalue weighted by molar-refractivity contribution is -0.128. The van der Waals surface area contributed by atoms with Gasteiger partial charge in [0.1, 0.15) is 11.9 Å². The molecular formula is C30H28ClN5O3S. The summed E-state index contributed by atoms with van der Waals surface area (Å²) in [5, 5.41) is 6.23. The number of carbonyl (C=O) groups excluding carboxylic acids is 3. The number of aliphatic imine (C=N–C) groups is 2. The molecule has 0 aliphatic carbocycles. The number of hydrogen-bond acceptors (Lipinski definition) is 6. The van der Waals surface area contributed by atoms with E-state index in [1.807, 2.05) is 61.5 Å². The molecule has 0 saturated carbocycles. The number of amidine groups is 2. The van der Waals surface area contributed by atoms with Gasteiger partial charge in [-0.1, -0.05) is 72.8 Å². The third-order valence-corrected chi connectivity index (χ3v) is 8.10. The van der Waals surface area contributed by atoms with Crippen molar-refractivity contribution in [3.8, 4) is 0 Å². The summed E-state index contributed by atoms with van der Waals surface area (Å²) in [6.07, 6.45) is 1.14. The van der Waals surface area contributed by atoms with Crippen molar-refractivity contribution in [3.63, 3.8) is 0 Å². The number of nitrogens with one attached hydrogen (secondary N) is 2. The van der Waals surface area contributed by atoms with E-state index in [1.165, 1.54) is 16.7 Å². The first-order valence-electron chi connectivity index (χ1n) is 13.1. The molecule has 2 heterocycles. The molecule has 2 aliphatic rings. The summed E-state index contributed by atoms with van der Waals surface area (Å²) in [6, 6.07) is 23.3. The second-order valence-corrected chi connectivity index (χ2v) is 11.0. The van der Waals surface area contributed by atoms with E-state index in [0.717, 1.165) is 5.56 Å². The lowest BCUT2D eigenvalue weighted by Crippen LogP contribution is -2.43. The van der Waals surface area contributed by atoms with Gasteiger partial charge in [-0.05, 0) is 54.8 Å². The molecule has 2 unspecified atom stereocenters. The Balaban J connectivity index is 1.30. The average Bonchev–Trinajstić information content (AvgIpc) is 3.29. The Hall–Kier alpha value is -3.95. The number of hydrogen-bond donors (Lipinski definition) is 2. The van der Waals surface area contributed by atoms with Crippen LogP contribution in [0.1, 0.15) is 30.9 Å². The molecule has 0 saturated heterocycles. The second-order valence-electron chi connectivity index (χ2n) is 9.35. The topological polar surface area (TPSA) is 103 Å².